The van der Waals surface area contributed by atoms with E-state index in [1.807, 2.05) is 59.5 Å². The number of carbonyl (C=O) groups excluding carboxylic acids is 1. The van der Waals surface area contributed by atoms with Crippen LogP contribution in [0, 0.1) is 0 Å². The smallest absolute Gasteiger partial charge is 0.258 e. The van der Waals surface area contributed by atoms with Crippen LogP contribution in [0.1, 0.15) is 30.1 Å². The molecule has 2 aromatic carbocycles. The maximum Gasteiger partial charge on any atom is 0.258 e. The van der Waals surface area contributed by atoms with Crippen molar-refractivity contribution in [1.29, 1.82) is 0 Å². The molecule has 3 aromatic rings. The van der Waals surface area contributed by atoms with Crippen molar-refractivity contribution in [2.75, 3.05) is 13.1 Å². The van der Waals surface area contributed by atoms with E-state index in [-0.39, 0.29) is 17.4 Å². The molecular formula is C22H21N3O2. The van der Waals surface area contributed by atoms with E-state index >= 15 is 0 Å². The lowest BCUT2D eigenvalue weighted by molar-refractivity contribution is -0.127. The Morgan fingerprint density at radius 1 is 1.04 bits per heavy atom. The first-order chi connectivity index (χ1) is 13.2. The minimum Gasteiger partial charge on any atom is -0.339 e. The maximum atomic E-state index is 12.4. The highest BCUT2D eigenvalue weighted by molar-refractivity contribution is 5.91. The molecule has 1 aromatic heterocycles. The minimum absolute atomic E-state index is 0.0252. The average molecular weight is 359 g/mol. The Labute approximate surface area is 157 Å². The van der Waals surface area contributed by atoms with E-state index in [9.17, 15) is 9.59 Å². The zero-order valence-electron chi connectivity index (χ0n) is 15.0. The van der Waals surface area contributed by atoms with Crippen molar-refractivity contribution in [3.63, 3.8) is 0 Å². The Hall–Kier alpha value is -3.21. The van der Waals surface area contributed by atoms with Crippen LogP contribution in [-0.2, 0) is 4.79 Å². The highest BCUT2D eigenvalue weighted by Crippen LogP contribution is 2.26. The third kappa shape index (κ3) is 3.82. The monoisotopic (exact) mass is 359 g/mol. The van der Waals surface area contributed by atoms with Gasteiger partial charge in [-0.3, -0.25) is 9.59 Å². The summed E-state index contributed by atoms with van der Waals surface area (Å²) in [6, 6.07) is 17.2. The third-order valence-electron chi connectivity index (χ3n) is 5.04. The van der Waals surface area contributed by atoms with Gasteiger partial charge in [0, 0.05) is 25.1 Å². The molecule has 2 heterocycles. The number of rotatable bonds is 3. The summed E-state index contributed by atoms with van der Waals surface area (Å²) in [5, 5.41) is 0.611. The van der Waals surface area contributed by atoms with Gasteiger partial charge in [0.2, 0.25) is 5.91 Å². The lowest BCUT2D eigenvalue weighted by atomic mass is 9.95. The van der Waals surface area contributed by atoms with Crippen molar-refractivity contribution >= 4 is 22.9 Å². The number of piperidine rings is 1. The van der Waals surface area contributed by atoms with Gasteiger partial charge in [0.25, 0.3) is 5.56 Å². The molecule has 1 fully saturated rings. The summed E-state index contributed by atoms with van der Waals surface area (Å²) in [5.41, 5.74) is 1.64. The van der Waals surface area contributed by atoms with Crippen LogP contribution in [0.4, 0.5) is 0 Å². The Kier molecular flexibility index (Phi) is 4.83. The highest BCUT2D eigenvalue weighted by atomic mass is 16.2. The maximum absolute atomic E-state index is 12.4. The number of para-hydroxylation sites is 1. The fourth-order valence-corrected chi connectivity index (χ4v) is 3.51. The predicted molar refractivity (Wildman–Crippen MR) is 106 cm³/mol. The molecule has 27 heavy (non-hydrogen) atoms. The molecule has 0 saturated carbocycles. The second-order valence-electron chi connectivity index (χ2n) is 6.81. The Bertz CT molecular complexity index is 1030. The number of H-pyrrole nitrogens is 1. The van der Waals surface area contributed by atoms with Gasteiger partial charge in [-0.05, 0) is 36.6 Å². The molecule has 136 valence electrons. The molecule has 1 saturated heterocycles. The van der Waals surface area contributed by atoms with Crippen LogP contribution < -0.4 is 5.56 Å². The number of nitrogens with one attached hydrogen (secondary N) is 1. The molecule has 0 atom stereocenters. The lowest BCUT2D eigenvalue weighted by Gasteiger charge is -2.30. The fraction of sp³-hybridized carbons (Fsp3) is 0.227. The van der Waals surface area contributed by atoms with Crippen LogP contribution in [0.5, 0.6) is 0 Å². The van der Waals surface area contributed by atoms with Gasteiger partial charge in [-0.2, -0.15) is 0 Å². The van der Waals surface area contributed by atoms with Crippen molar-refractivity contribution < 1.29 is 4.79 Å². The van der Waals surface area contributed by atoms with Crippen LogP contribution in [-0.4, -0.2) is 33.9 Å². The summed E-state index contributed by atoms with van der Waals surface area (Å²) >= 11 is 0. The van der Waals surface area contributed by atoms with Gasteiger partial charge < -0.3 is 9.88 Å². The van der Waals surface area contributed by atoms with Crippen LogP contribution in [0.15, 0.2) is 65.5 Å². The van der Waals surface area contributed by atoms with Crippen molar-refractivity contribution in [2.45, 2.75) is 18.8 Å². The average Bonchev–Trinajstić information content (AvgIpc) is 2.73. The number of nitrogens with zero attached hydrogens (tertiary/aromatic N) is 2. The van der Waals surface area contributed by atoms with Crippen LogP contribution in [0.2, 0.25) is 0 Å². The normalized spacial score (nSPS) is 15.5. The summed E-state index contributed by atoms with van der Waals surface area (Å²) in [5.74, 6) is 0.923. The molecule has 0 aliphatic carbocycles. The minimum atomic E-state index is -0.0973. The lowest BCUT2D eigenvalue weighted by Crippen LogP contribution is -2.37. The first-order valence-corrected chi connectivity index (χ1v) is 9.22. The number of amides is 1. The zero-order valence-corrected chi connectivity index (χ0v) is 15.0. The van der Waals surface area contributed by atoms with Gasteiger partial charge in [0.1, 0.15) is 5.82 Å². The van der Waals surface area contributed by atoms with Gasteiger partial charge in [-0.25, -0.2) is 4.98 Å². The van der Waals surface area contributed by atoms with Gasteiger partial charge in [0.05, 0.1) is 10.9 Å². The van der Waals surface area contributed by atoms with Gasteiger partial charge in [-0.15, -0.1) is 0 Å². The molecule has 1 N–H and O–H groups in total. The third-order valence-corrected chi connectivity index (χ3v) is 5.04. The molecular weight excluding hydrogens is 338 g/mol. The van der Waals surface area contributed by atoms with Crippen molar-refractivity contribution in [3.05, 3.63) is 82.4 Å². The molecule has 1 aliphatic rings. The molecule has 0 unspecified atom stereocenters. The number of carbonyl (C=O) groups is 1. The molecule has 0 spiro atoms. The Morgan fingerprint density at radius 3 is 2.52 bits per heavy atom. The molecule has 4 rings (SSSR count). The van der Waals surface area contributed by atoms with E-state index in [1.54, 1.807) is 12.1 Å². The van der Waals surface area contributed by atoms with E-state index in [0.29, 0.717) is 18.5 Å². The number of likely N-dealkylation sites (tertiary alicyclic amines) is 1. The van der Waals surface area contributed by atoms with E-state index in [2.05, 4.69) is 9.97 Å². The summed E-state index contributed by atoms with van der Waals surface area (Å²) < 4.78 is 0. The predicted octanol–water partition coefficient (Wildman–Crippen LogP) is 3.34. The molecule has 5 heteroatoms. The van der Waals surface area contributed by atoms with Gasteiger partial charge in [0.15, 0.2) is 0 Å². The summed E-state index contributed by atoms with van der Waals surface area (Å²) in [7, 11) is 0. The number of hydrogen-bond donors (Lipinski definition) is 1. The van der Waals surface area contributed by atoms with Crippen LogP contribution >= 0.6 is 0 Å². The van der Waals surface area contributed by atoms with Crippen molar-refractivity contribution in [2.24, 2.45) is 0 Å². The molecule has 0 bridgehead atoms. The molecule has 1 amide bonds. The second kappa shape index (κ2) is 7.58. The van der Waals surface area contributed by atoms with E-state index < -0.39 is 0 Å². The highest BCUT2D eigenvalue weighted by Gasteiger charge is 2.24. The van der Waals surface area contributed by atoms with Crippen molar-refractivity contribution in [1.82, 2.24) is 14.9 Å². The first kappa shape index (κ1) is 17.2. The topological polar surface area (TPSA) is 66.1 Å². The Morgan fingerprint density at radius 2 is 1.74 bits per heavy atom. The first-order valence-electron chi connectivity index (χ1n) is 9.22. The standard InChI is InChI=1S/C22H21N3O2/c26-20(11-10-16-6-2-1-3-7-16)25-14-12-17(13-15-25)21-23-19-9-5-4-8-18(19)22(27)24-21/h1-11,17H,12-15H2,(H,23,24,27)/b11-10+. The largest absolute Gasteiger partial charge is 0.339 e. The number of fused-ring (bicyclic) bond motifs is 1. The quantitative estimate of drug-likeness (QED) is 0.730. The number of hydrogen-bond acceptors (Lipinski definition) is 3. The summed E-state index contributed by atoms with van der Waals surface area (Å²) in [6.07, 6.45) is 5.07. The number of aromatic amines is 1. The SMILES string of the molecule is O=C(/C=C/c1ccccc1)N1CCC(c2nc3ccccc3c(=O)[nH]2)CC1. The molecule has 5 nitrogen and oxygen atoms in total. The van der Waals surface area contributed by atoms with Gasteiger partial charge >= 0.3 is 0 Å². The van der Waals surface area contributed by atoms with Crippen LogP contribution in [0.3, 0.4) is 0 Å². The van der Waals surface area contributed by atoms with E-state index in [0.717, 1.165) is 29.7 Å². The van der Waals surface area contributed by atoms with Gasteiger partial charge in [-0.1, -0.05) is 42.5 Å². The Balaban J connectivity index is 1.42. The summed E-state index contributed by atoms with van der Waals surface area (Å²) in [6.45, 7) is 1.33. The zero-order chi connectivity index (χ0) is 18.6. The van der Waals surface area contributed by atoms with E-state index in [4.69, 9.17) is 0 Å². The number of benzene rings is 2. The second-order valence-corrected chi connectivity index (χ2v) is 6.81. The van der Waals surface area contributed by atoms with Crippen LogP contribution in [0.25, 0.3) is 17.0 Å². The van der Waals surface area contributed by atoms with E-state index in [1.165, 1.54) is 0 Å². The number of aromatic nitrogens is 2. The molecule has 0 radical (unpaired) electrons. The summed E-state index contributed by atoms with van der Waals surface area (Å²) in [4.78, 5) is 34.1. The molecule has 1 aliphatic heterocycles. The van der Waals surface area contributed by atoms with Crippen molar-refractivity contribution in [3.8, 4) is 0 Å². The fourth-order valence-electron chi connectivity index (χ4n) is 3.51.